The number of benzene rings is 2. The number of halogens is 2. The molecule has 0 saturated carbocycles. The standard InChI is InChI=1S/C21H21ClFN3O3/c1-12(2)11-24-19(27)13(3)25-18-10-14(22)4-9-17(18)20(28)26(21(25)29)16-7-5-15(23)6-8-16/h4-10,12-13H,11H2,1-3H3,(H,24,27)/t13-/m1/s1. The summed E-state index contributed by atoms with van der Waals surface area (Å²) in [6.07, 6.45) is 0. The summed E-state index contributed by atoms with van der Waals surface area (Å²) < 4.78 is 15.5. The number of aromatic nitrogens is 2. The van der Waals surface area contributed by atoms with E-state index in [-0.39, 0.29) is 28.4 Å². The number of fused-ring (bicyclic) bond motifs is 1. The summed E-state index contributed by atoms with van der Waals surface area (Å²) in [6.45, 7) is 5.95. The number of hydrogen-bond acceptors (Lipinski definition) is 3. The lowest BCUT2D eigenvalue weighted by Gasteiger charge is -2.20. The number of nitrogens with zero attached hydrogens (tertiary/aromatic N) is 2. The van der Waals surface area contributed by atoms with E-state index in [1.807, 2.05) is 13.8 Å². The molecule has 0 aliphatic heterocycles. The highest BCUT2D eigenvalue weighted by atomic mass is 35.5. The van der Waals surface area contributed by atoms with E-state index in [4.69, 9.17) is 11.6 Å². The highest BCUT2D eigenvalue weighted by molar-refractivity contribution is 6.31. The Morgan fingerprint density at radius 2 is 1.76 bits per heavy atom. The van der Waals surface area contributed by atoms with E-state index in [0.29, 0.717) is 11.6 Å². The third-order valence-corrected chi connectivity index (χ3v) is 4.82. The summed E-state index contributed by atoms with van der Waals surface area (Å²) in [5, 5.41) is 3.36. The second kappa shape index (κ2) is 8.21. The second-order valence-electron chi connectivity index (χ2n) is 7.25. The van der Waals surface area contributed by atoms with Crippen LogP contribution < -0.4 is 16.6 Å². The predicted molar refractivity (Wildman–Crippen MR) is 111 cm³/mol. The van der Waals surface area contributed by atoms with Gasteiger partial charge in [0.05, 0.1) is 16.6 Å². The quantitative estimate of drug-likeness (QED) is 0.692. The zero-order valence-corrected chi connectivity index (χ0v) is 17.0. The van der Waals surface area contributed by atoms with Gasteiger partial charge in [-0.25, -0.2) is 13.8 Å². The summed E-state index contributed by atoms with van der Waals surface area (Å²) in [7, 11) is 0. The highest BCUT2D eigenvalue weighted by Gasteiger charge is 2.23. The lowest BCUT2D eigenvalue weighted by molar-refractivity contribution is -0.124. The first-order chi connectivity index (χ1) is 13.7. The molecular weight excluding hydrogens is 397 g/mol. The van der Waals surface area contributed by atoms with Crippen LogP contribution in [0.5, 0.6) is 0 Å². The largest absolute Gasteiger partial charge is 0.354 e. The minimum Gasteiger partial charge on any atom is -0.354 e. The van der Waals surface area contributed by atoms with Crippen LogP contribution in [0.4, 0.5) is 4.39 Å². The summed E-state index contributed by atoms with van der Waals surface area (Å²) in [5.74, 6) is -0.607. The Balaban J connectivity index is 2.29. The Morgan fingerprint density at radius 3 is 2.38 bits per heavy atom. The lowest BCUT2D eigenvalue weighted by atomic mass is 10.2. The molecular formula is C21H21ClFN3O3. The van der Waals surface area contributed by atoms with Gasteiger partial charge in [0.2, 0.25) is 5.91 Å². The van der Waals surface area contributed by atoms with Crippen LogP contribution in [0.1, 0.15) is 26.8 Å². The van der Waals surface area contributed by atoms with E-state index in [2.05, 4.69) is 5.32 Å². The average molecular weight is 418 g/mol. The molecule has 0 radical (unpaired) electrons. The van der Waals surface area contributed by atoms with Crippen molar-refractivity contribution in [2.24, 2.45) is 5.92 Å². The molecule has 3 rings (SSSR count). The maximum Gasteiger partial charge on any atom is 0.336 e. The van der Waals surface area contributed by atoms with Crippen LogP contribution in [0.3, 0.4) is 0 Å². The summed E-state index contributed by atoms with van der Waals surface area (Å²) in [4.78, 5) is 39.0. The van der Waals surface area contributed by atoms with Gasteiger partial charge >= 0.3 is 5.69 Å². The minimum absolute atomic E-state index is 0.210. The van der Waals surface area contributed by atoms with Crippen LogP contribution in [-0.2, 0) is 4.79 Å². The molecule has 0 aliphatic rings. The van der Waals surface area contributed by atoms with Crippen molar-refractivity contribution >= 4 is 28.4 Å². The minimum atomic E-state index is -0.894. The van der Waals surface area contributed by atoms with E-state index in [1.165, 1.54) is 28.8 Å². The van der Waals surface area contributed by atoms with E-state index in [0.717, 1.165) is 16.7 Å². The number of amides is 1. The topological polar surface area (TPSA) is 73.1 Å². The van der Waals surface area contributed by atoms with Crippen LogP contribution in [0.2, 0.25) is 5.02 Å². The number of hydrogen-bond donors (Lipinski definition) is 1. The smallest absolute Gasteiger partial charge is 0.336 e. The molecule has 6 nitrogen and oxygen atoms in total. The molecule has 1 amide bonds. The van der Waals surface area contributed by atoms with Gasteiger partial charge in [-0.3, -0.25) is 14.2 Å². The molecule has 0 spiro atoms. The summed E-state index contributed by atoms with van der Waals surface area (Å²) in [6, 6.07) is 8.65. The predicted octanol–water partition coefficient (Wildman–Crippen LogP) is 3.28. The third kappa shape index (κ3) is 4.10. The van der Waals surface area contributed by atoms with Crippen molar-refractivity contribution in [1.29, 1.82) is 0 Å². The van der Waals surface area contributed by atoms with Crippen molar-refractivity contribution in [3.8, 4) is 5.69 Å². The highest BCUT2D eigenvalue weighted by Crippen LogP contribution is 2.19. The van der Waals surface area contributed by atoms with Crippen LogP contribution >= 0.6 is 11.6 Å². The molecule has 1 N–H and O–H groups in total. The number of carbonyl (C=O) groups excluding carboxylic acids is 1. The van der Waals surface area contributed by atoms with Crippen molar-refractivity contribution in [3.63, 3.8) is 0 Å². The zero-order chi connectivity index (χ0) is 21.3. The molecule has 0 unspecified atom stereocenters. The van der Waals surface area contributed by atoms with Gasteiger partial charge in [0.25, 0.3) is 5.56 Å². The van der Waals surface area contributed by atoms with Gasteiger partial charge in [-0.05, 0) is 55.3 Å². The normalized spacial score (nSPS) is 12.3. The Kier molecular flexibility index (Phi) is 5.88. The molecule has 0 bridgehead atoms. The molecule has 0 aliphatic carbocycles. The second-order valence-corrected chi connectivity index (χ2v) is 7.68. The maximum absolute atomic E-state index is 13.3. The van der Waals surface area contributed by atoms with Gasteiger partial charge in [0, 0.05) is 11.6 Å². The summed E-state index contributed by atoms with van der Waals surface area (Å²) >= 11 is 6.09. The van der Waals surface area contributed by atoms with Gasteiger partial charge in [-0.1, -0.05) is 25.4 Å². The molecule has 3 aromatic rings. The SMILES string of the molecule is CC(C)CNC(=O)[C@@H](C)n1c(=O)n(-c2ccc(F)cc2)c(=O)c2ccc(Cl)cc21. The van der Waals surface area contributed by atoms with Crippen LogP contribution in [-0.4, -0.2) is 21.6 Å². The first kappa shape index (κ1) is 20.8. The van der Waals surface area contributed by atoms with Gasteiger partial charge in [0.15, 0.2) is 0 Å². The molecule has 1 atom stereocenters. The van der Waals surface area contributed by atoms with E-state index in [1.54, 1.807) is 13.0 Å². The first-order valence-electron chi connectivity index (χ1n) is 9.21. The van der Waals surface area contributed by atoms with E-state index >= 15 is 0 Å². The average Bonchev–Trinajstić information content (AvgIpc) is 2.67. The van der Waals surface area contributed by atoms with Crippen molar-refractivity contribution in [3.05, 3.63) is 74.1 Å². The molecule has 8 heteroatoms. The van der Waals surface area contributed by atoms with Crippen molar-refractivity contribution in [2.75, 3.05) is 6.54 Å². The zero-order valence-electron chi connectivity index (χ0n) is 16.3. The Hall–Kier alpha value is -2.93. The molecule has 2 aromatic carbocycles. The van der Waals surface area contributed by atoms with Crippen LogP contribution in [0.15, 0.2) is 52.1 Å². The molecule has 1 heterocycles. The molecule has 0 fully saturated rings. The van der Waals surface area contributed by atoms with Crippen molar-refractivity contribution < 1.29 is 9.18 Å². The monoisotopic (exact) mass is 417 g/mol. The van der Waals surface area contributed by atoms with Crippen molar-refractivity contribution in [2.45, 2.75) is 26.8 Å². The number of nitrogens with one attached hydrogen (secondary N) is 1. The van der Waals surface area contributed by atoms with E-state index in [9.17, 15) is 18.8 Å². The third-order valence-electron chi connectivity index (χ3n) is 4.59. The molecule has 1 aromatic heterocycles. The fraction of sp³-hybridized carbons (Fsp3) is 0.286. The van der Waals surface area contributed by atoms with Gasteiger partial charge in [-0.2, -0.15) is 0 Å². The Bertz CT molecular complexity index is 1180. The molecule has 152 valence electrons. The lowest BCUT2D eigenvalue weighted by Crippen LogP contribution is -2.44. The van der Waals surface area contributed by atoms with Crippen molar-refractivity contribution in [1.82, 2.24) is 14.5 Å². The first-order valence-corrected chi connectivity index (χ1v) is 9.59. The Labute approximate surface area is 171 Å². The maximum atomic E-state index is 13.3. The fourth-order valence-electron chi connectivity index (χ4n) is 3.06. The molecule has 0 saturated heterocycles. The van der Waals surface area contributed by atoms with Crippen LogP contribution in [0, 0.1) is 11.7 Å². The van der Waals surface area contributed by atoms with Gasteiger partial charge in [0.1, 0.15) is 11.9 Å². The van der Waals surface area contributed by atoms with Gasteiger partial charge in [-0.15, -0.1) is 0 Å². The number of carbonyl (C=O) groups is 1. The van der Waals surface area contributed by atoms with Crippen LogP contribution in [0.25, 0.3) is 16.6 Å². The molecule has 29 heavy (non-hydrogen) atoms. The number of rotatable bonds is 5. The Morgan fingerprint density at radius 1 is 1.10 bits per heavy atom. The summed E-state index contributed by atoms with van der Waals surface area (Å²) in [5.41, 5.74) is -0.803. The van der Waals surface area contributed by atoms with E-state index < -0.39 is 23.1 Å². The fourth-order valence-corrected chi connectivity index (χ4v) is 3.23. The van der Waals surface area contributed by atoms with Gasteiger partial charge < -0.3 is 5.32 Å².